The molecule has 0 radical (unpaired) electrons. The van der Waals surface area contributed by atoms with Gasteiger partial charge in [-0.25, -0.2) is 0 Å². The van der Waals surface area contributed by atoms with Crippen molar-refractivity contribution in [3.8, 4) is 0 Å². The second kappa shape index (κ2) is 5.13. The SMILES string of the molecule is CCC1[Se]/C(=N\C(C)C)N(C(C)C)C1=O. The van der Waals surface area contributed by atoms with E-state index in [0.717, 1.165) is 11.2 Å². The number of hydrogen-bond donors (Lipinski definition) is 0. The van der Waals surface area contributed by atoms with Gasteiger partial charge in [0.05, 0.1) is 0 Å². The van der Waals surface area contributed by atoms with Crippen molar-refractivity contribution in [2.45, 2.75) is 57.9 Å². The monoisotopic (exact) mass is 276 g/mol. The molecule has 86 valence electrons. The summed E-state index contributed by atoms with van der Waals surface area (Å²) in [6, 6.07) is 0.528. The van der Waals surface area contributed by atoms with Crippen LogP contribution in [0, 0.1) is 0 Å². The van der Waals surface area contributed by atoms with Crippen LogP contribution in [0.2, 0.25) is 4.82 Å². The number of aliphatic imine (C=N–C) groups is 1. The molecule has 1 fully saturated rings. The summed E-state index contributed by atoms with van der Waals surface area (Å²) in [6.45, 7) is 10.3. The summed E-state index contributed by atoms with van der Waals surface area (Å²) in [5.41, 5.74) is 0. The molecule has 0 saturated carbocycles. The van der Waals surface area contributed by atoms with Gasteiger partial charge in [-0.05, 0) is 0 Å². The second-order valence-corrected chi connectivity index (χ2v) is 6.78. The predicted octanol–water partition coefficient (Wildman–Crippen LogP) is 1.90. The van der Waals surface area contributed by atoms with Crippen LogP contribution in [-0.4, -0.2) is 42.6 Å². The third-order valence-electron chi connectivity index (χ3n) is 2.22. The molecule has 1 aliphatic rings. The van der Waals surface area contributed by atoms with E-state index < -0.39 is 0 Å². The average Bonchev–Trinajstić information content (AvgIpc) is 2.41. The molecule has 4 heteroatoms. The maximum absolute atomic E-state index is 12.0. The summed E-state index contributed by atoms with van der Waals surface area (Å²) in [4.78, 5) is 18.7. The van der Waals surface area contributed by atoms with Crippen LogP contribution < -0.4 is 0 Å². The minimum absolute atomic E-state index is 0.220. The first-order chi connectivity index (χ1) is 6.97. The maximum atomic E-state index is 12.0. The summed E-state index contributed by atoms with van der Waals surface area (Å²) in [5.74, 6) is 0.284. The van der Waals surface area contributed by atoms with E-state index in [9.17, 15) is 4.79 Å². The van der Waals surface area contributed by atoms with E-state index in [1.165, 1.54) is 0 Å². The fourth-order valence-electron chi connectivity index (χ4n) is 1.53. The molecule has 1 atom stereocenters. The van der Waals surface area contributed by atoms with E-state index in [4.69, 9.17) is 0 Å². The molecule has 1 heterocycles. The van der Waals surface area contributed by atoms with Crippen molar-refractivity contribution < 1.29 is 4.79 Å². The zero-order chi connectivity index (χ0) is 11.6. The Labute approximate surface area is 98.5 Å². The van der Waals surface area contributed by atoms with Gasteiger partial charge < -0.3 is 0 Å². The zero-order valence-electron chi connectivity index (χ0n) is 10.2. The second-order valence-electron chi connectivity index (χ2n) is 4.32. The van der Waals surface area contributed by atoms with E-state index in [0.29, 0.717) is 0 Å². The minimum atomic E-state index is 0.220. The van der Waals surface area contributed by atoms with Gasteiger partial charge in [0.15, 0.2) is 0 Å². The van der Waals surface area contributed by atoms with Gasteiger partial charge in [0.25, 0.3) is 0 Å². The van der Waals surface area contributed by atoms with Crippen molar-refractivity contribution in [3.63, 3.8) is 0 Å². The molecule has 0 bridgehead atoms. The van der Waals surface area contributed by atoms with Crippen LogP contribution in [0.25, 0.3) is 0 Å². The molecule has 0 spiro atoms. The summed E-state index contributed by atoms with van der Waals surface area (Å²) < 4.78 is 1.05. The van der Waals surface area contributed by atoms with Crippen molar-refractivity contribution in [3.05, 3.63) is 0 Å². The van der Waals surface area contributed by atoms with Crippen molar-refractivity contribution in [1.82, 2.24) is 4.90 Å². The van der Waals surface area contributed by atoms with Gasteiger partial charge in [-0.1, -0.05) is 0 Å². The number of amides is 1. The Kier molecular flexibility index (Phi) is 4.35. The van der Waals surface area contributed by atoms with Gasteiger partial charge in [-0.3, -0.25) is 0 Å². The fourth-order valence-corrected chi connectivity index (χ4v) is 4.30. The molecule has 0 aromatic rings. The molecule has 3 nitrogen and oxygen atoms in total. The molecule has 0 aromatic heterocycles. The molecule has 0 aromatic carbocycles. The van der Waals surface area contributed by atoms with Gasteiger partial charge in [-0.15, -0.1) is 0 Å². The van der Waals surface area contributed by atoms with E-state index in [1.807, 2.05) is 4.90 Å². The first-order valence-electron chi connectivity index (χ1n) is 5.54. The van der Waals surface area contributed by atoms with E-state index in [1.54, 1.807) is 0 Å². The van der Waals surface area contributed by atoms with E-state index in [-0.39, 0.29) is 37.8 Å². The van der Waals surface area contributed by atoms with Crippen LogP contribution in [0.1, 0.15) is 41.0 Å². The first kappa shape index (κ1) is 12.7. The third-order valence-corrected chi connectivity index (χ3v) is 5.02. The molecule has 0 aliphatic carbocycles. The van der Waals surface area contributed by atoms with Gasteiger partial charge >= 0.3 is 98.2 Å². The normalized spacial score (nSPS) is 25.0. The summed E-state index contributed by atoms with van der Waals surface area (Å²) in [6.07, 6.45) is 0.944. The van der Waals surface area contributed by atoms with Crippen LogP contribution >= 0.6 is 0 Å². The molecule has 1 aliphatic heterocycles. The third kappa shape index (κ3) is 2.82. The Morgan fingerprint density at radius 1 is 1.40 bits per heavy atom. The molecule has 1 unspecified atom stereocenters. The van der Waals surface area contributed by atoms with E-state index in [2.05, 4.69) is 39.6 Å². The predicted molar refractivity (Wildman–Crippen MR) is 64.3 cm³/mol. The van der Waals surface area contributed by atoms with Crippen LogP contribution in [0.5, 0.6) is 0 Å². The quantitative estimate of drug-likeness (QED) is 0.724. The summed E-state index contributed by atoms with van der Waals surface area (Å²) >= 11 is 0.236. The van der Waals surface area contributed by atoms with Gasteiger partial charge in [0, 0.05) is 0 Å². The molecule has 0 N–H and O–H groups in total. The van der Waals surface area contributed by atoms with Crippen LogP contribution in [0.3, 0.4) is 0 Å². The van der Waals surface area contributed by atoms with Crippen molar-refractivity contribution in [2.75, 3.05) is 0 Å². The van der Waals surface area contributed by atoms with Gasteiger partial charge in [0.2, 0.25) is 0 Å². The first-order valence-corrected chi connectivity index (χ1v) is 7.39. The number of nitrogens with zero attached hydrogens (tertiary/aromatic N) is 2. The van der Waals surface area contributed by atoms with Crippen molar-refractivity contribution in [2.24, 2.45) is 4.99 Å². The van der Waals surface area contributed by atoms with Crippen LogP contribution in [-0.2, 0) is 4.79 Å². The van der Waals surface area contributed by atoms with Crippen molar-refractivity contribution in [1.29, 1.82) is 0 Å². The number of amidine groups is 1. The summed E-state index contributed by atoms with van der Waals surface area (Å²) in [5, 5.41) is 0. The molecule has 1 saturated heterocycles. The molecular weight excluding hydrogens is 255 g/mol. The van der Waals surface area contributed by atoms with Gasteiger partial charge in [-0.2, -0.15) is 0 Å². The molecule has 1 amide bonds. The Morgan fingerprint density at radius 3 is 2.40 bits per heavy atom. The number of hydrogen-bond acceptors (Lipinski definition) is 2. The number of carbonyl (C=O) groups is 1. The molecule has 15 heavy (non-hydrogen) atoms. The Hall–Kier alpha value is -0.341. The van der Waals surface area contributed by atoms with Gasteiger partial charge in [0.1, 0.15) is 0 Å². The van der Waals surface area contributed by atoms with Crippen LogP contribution in [0.15, 0.2) is 4.99 Å². The Bertz CT molecular complexity index is 274. The standard InChI is InChI=1S/C11H20N2OSe/c1-6-9-10(14)13(8(4)5)11(15-9)12-7(2)3/h7-9H,6H2,1-5H3/b12-11-. The van der Waals surface area contributed by atoms with Crippen molar-refractivity contribution >= 4 is 25.6 Å². The fraction of sp³-hybridized carbons (Fsp3) is 0.818. The zero-order valence-corrected chi connectivity index (χ0v) is 11.9. The Morgan fingerprint density at radius 2 is 2.00 bits per heavy atom. The topological polar surface area (TPSA) is 32.7 Å². The van der Waals surface area contributed by atoms with Crippen LogP contribution in [0.4, 0.5) is 0 Å². The Balaban J connectivity index is 2.92. The average molecular weight is 275 g/mol. The summed E-state index contributed by atoms with van der Waals surface area (Å²) in [7, 11) is 0. The molecule has 1 rings (SSSR count). The number of rotatable bonds is 3. The molecular formula is C11H20N2OSe. The van der Waals surface area contributed by atoms with E-state index >= 15 is 0 Å². The number of carbonyl (C=O) groups excluding carboxylic acids is 1.